The van der Waals surface area contributed by atoms with Crippen LogP contribution in [0.2, 0.25) is 0 Å². The number of methoxy groups -OCH3 is 1. The molecule has 0 aromatic rings. The smallest absolute Gasteiger partial charge is 0.364 e. The van der Waals surface area contributed by atoms with Gasteiger partial charge < -0.3 is 94.6 Å². The normalized spacial score (nSPS) is 45.6. The van der Waals surface area contributed by atoms with Crippen LogP contribution < -0.4 is 5.32 Å². The van der Waals surface area contributed by atoms with Crippen LogP contribution in [0.4, 0.5) is 0 Å². The second-order valence-corrected chi connectivity index (χ2v) is 14.3. The molecule has 0 radical (unpaired) electrons. The number of aliphatic hydroxyl groups excluding tert-OH is 10. The van der Waals surface area contributed by atoms with E-state index in [1.54, 1.807) is 6.92 Å². The number of hydrogen-bond donors (Lipinski definition) is 12. The highest BCUT2D eigenvalue weighted by Crippen LogP contribution is 2.40. The van der Waals surface area contributed by atoms with Crippen LogP contribution in [0.3, 0.4) is 0 Å². The summed E-state index contributed by atoms with van der Waals surface area (Å²) in [5.74, 6) is -7.72. The monoisotopic (exact) mass is 787 g/mol. The lowest BCUT2D eigenvalue weighted by molar-refractivity contribution is -0.379. The molecule has 1 aliphatic carbocycles. The van der Waals surface area contributed by atoms with Crippen LogP contribution in [0.15, 0.2) is 0 Å². The summed E-state index contributed by atoms with van der Waals surface area (Å²) in [6.45, 7) is 2.16. The molecule has 1 saturated carbocycles. The number of aliphatic carboxylic acids is 1. The number of amides is 1. The molecule has 4 fully saturated rings. The Morgan fingerprint density at radius 2 is 1.52 bits per heavy atom. The maximum Gasteiger partial charge on any atom is 0.364 e. The summed E-state index contributed by atoms with van der Waals surface area (Å²) in [5, 5.41) is 118. The summed E-state index contributed by atoms with van der Waals surface area (Å²) in [5.41, 5.74) is 0. The van der Waals surface area contributed by atoms with Gasteiger partial charge in [0, 0.05) is 13.3 Å². The fourth-order valence-electron chi connectivity index (χ4n) is 7.40. The average Bonchev–Trinajstić information content (AvgIpc) is 3.13. The molecule has 0 bridgehead atoms. The third kappa shape index (κ3) is 9.31. The lowest BCUT2D eigenvalue weighted by Crippen LogP contribution is -2.70. The lowest BCUT2D eigenvalue weighted by atomic mass is 9.78. The second-order valence-electron chi connectivity index (χ2n) is 14.3. The van der Waals surface area contributed by atoms with Gasteiger partial charge in [0.05, 0.1) is 56.7 Å². The SMILES string of the molecule is COC(=O)[C@@H]1C[C@H](C)[C@H](OC2O[C@@H](C)[C@@H](O)[C@@H](O)[C@@H]2O)[C@H](O[C@@H]2O[C@H](CO)[C@H](O)[C@H](O[C@]3(C(=O)O)C[C@H](O)[C@H](NC(C)=O)C([C@H](O)[C@H](O)CO)O3)[C@H]2O)C1. The Labute approximate surface area is 309 Å². The van der Waals surface area contributed by atoms with Gasteiger partial charge in [0.2, 0.25) is 5.91 Å². The first-order valence-corrected chi connectivity index (χ1v) is 17.5. The van der Waals surface area contributed by atoms with Crippen molar-refractivity contribution in [3.63, 3.8) is 0 Å². The van der Waals surface area contributed by atoms with E-state index in [1.165, 1.54) is 14.0 Å². The fourth-order valence-corrected chi connectivity index (χ4v) is 7.40. The minimum Gasteiger partial charge on any atom is -0.477 e. The zero-order chi connectivity index (χ0) is 40.4. The Morgan fingerprint density at radius 3 is 2.09 bits per heavy atom. The molecule has 0 aromatic heterocycles. The van der Waals surface area contributed by atoms with E-state index in [1.807, 2.05) is 0 Å². The zero-order valence-corrected chi connectivity index (χ0v) is 30.0. The maximum atomic E-state index is 12.8. The number of carbonyl (C=O) groups excluding carboxylic acids is 2. The third-order valence-electron chi connectivity index (χ3n) is 10.4. The van der Waals surface area contributed by atoms with E-state index in [2.05, 4.69) is 5.32 Å². The van der Waals surface area contributed by atoms with E-state index < -0.39 is 159 Å². The molecule has 4 rings (SSSR count). The number of carboxylic acid groups (broad SMARTS) is 1. The highest BCUT2D eigenvalue weighted by atomic mass is 16.8. The van der Waals surface area contributed by atoms with Crippen LogP contribution in [0.25, 0.3) is 0 Å². The van der Waals surface area contributed by atoms with Crippen LogP contribution in [0.5, 0.6) is 0 Å². The van der Waals surface area contributed by atoms with Crippen molar-refractivity contribution in [2.75, 3.05) is 20.3 Å². The van der Waals surface area contributed by atoms with Gasteiger partial charge in [0.25, 0.3) is 5.79 Å². The lowest BCUT2D eigenvalue weighted by Gasteiger charge is -2.50. The Balaban J connectivity index is 1.66. The van der Waals surface area contributed by atoms with Crippen molar-refractivity contribution in [1.82, 2.24) is 5.32 Å². The number of nitrogens with one attached hydrogen (secondary N) is 1. The van der Waals surface area contributed by atoms with Gasteiger partial charge in [-0.15, -0.1) is 0 Å². The summed E-state index contributed by atoms with van der Waals surface area (Å²) in [6, 6.07) is -1.55. The standard InChI is InChI=1S/C32H53NO21/c1-10-5-13(28(45)48-4)6-16(25(10)52-29-23(43)22(42)19(39)11(2)49-29)50-30-24(44)27(21(41)17(9-35)51-30)54-32(31(46)47)7-14(37)18(33-12(3)36)26(53-32)20(40)15(38)8-34/h10-11,13-27,29-30,34-35,37-44H,5-9H2,1-4H3,(H,33,36)(H,46,47)/t10-,11-,13+,14-,15+,16+,17+,18-,19+,20+,21-,22+,23-,24+,25-,26?,27-,29?,30+,32-/m0/s1. The minimum absolute atomic E-state index is 0.151. The molecule has 0 spiro atoms. The number of carboxylic acids is 1. The van der Waals surface area contributed by atoms with Crippen molar-refractivity contribution in [2.24, 2.45) is 11.8 Å². The molecular formula is C32H53NO21. The van der Waals surface area contributed by atoms with Gasteiger partial charge in [-0.05, 0) is 25.7 Å². The van der Waals surface area contributed by atoms with E-state index in [0.29, 0.717) is 0 Å². The molecule has 0 aromatic carbocycles. The maximum absolute atomic E-state index is 12.8. The zero-order valence-electron chi connectivity index (χ0n) is 30.0. The number of carbonyl (C=O) groups is 3. The minimum atomic E-state index is -3.03. The second kappa shape index (κ2) is 18.4. The van der Waals surface area contributed by atoms with Crippen LogP contribution in [-0.4, -0.2) is 204 Å². The number of ether oxygens (including phenoxy) is 7. The number of aliphatic hydroxyl groups is 10. The average molecular weight is 788 g/mol. The van der Waals surface area contributed by atoms with E-state index in [4.69, 9.17) is 33.2 Å². The molecule has 12 N–H and O–H groups in total. The molecule has 22 heteroatoms. The largest absolute Gasteiger partial charge is 0.477 e. The van der Waals surface area contributed by atoms with Gasteiger partial charge in [0.15, 0.2) is 12.6 Å². The molecule has 3 saturated heterocycles. The molecule has 3 heterocycles. The summed E-state index contributed by atoms with van der Waals surface area (Å²) in [4.78, 5) is 37.4. The predicted octanol–water partition coefficient (Wildman–Crippen LogP) is -6.22. The number of esters is 1. The molecule has 2 unspecified atom stereocenters. The van der Waals surface area contributed by atoms with Crippen molar-refractivity contribution < 1.29 is 104 Å². The number of rotatable bonds is 13. The quantitative estimate of drug-likeness (QED) is 0.0773. The van der Waals surface area contributed by atoms with Gasteiger partial charge in [-0.3, -0.25) is 9.59 Å². The molecule has 4 aliphatic rings. The van der Waals surface area contributed by atoms with Crippen molar-refractivity contribution in [1.29, 1.82) is 0 Å². The Hall–Kier alpha value is -2.23. The molecule has 1 amide bonds. The molecular weight excluding hydrogens is 734 g/mol. The number of hydrogen-bond acceptors (Lipinski definition) is 20. The third-order valence-corrected chi connectivity index (χ3v) is 10.4. The fraction of sp³-hybridized carbons (Fsp3) is 0.906. The highest BCUT2D eigenvalue weighted by Gasteiger charge is 2.60. The summed E-state index contributed by atoms with van der Waals surface area (Å²) >= 11 is 0. The first-order valence-electron chi connectivity index (χ1n) is 17.5. The first kappa shape index (κ1) is 44.5. The van der Waals surface area contributed by atoms with Gasteiger partial charge in [-0.25, -0.2) is 4.79 Å². The van der Waals surface area contributed by atoms with E-state index >= 15 is 0 Å². The molecule has 22 nitrogen and oxygen atoms in total. The molecule has 54 heavy (non-hydrogen) atoms. The predicted molar refractivity (Wildman–Crippen MR) is 171 cm³/mol. The van der Waals surface area contributed by atoms with Gasteiger partial charge in [-0.2, -0.15) is 0 Å². The molecule has 312 valence electrons. The van der Waals surface area contributed by atoms with E-state index in [-0.39, 0.29) is 12.8 Å². The molecule has 3 aliphatic heterocycles. The molecule has 20 atom stereocenters. The van der Waals surface area contributed by atoms with Crippen molar-refractivity contribution in [2.45, 2.75) is 150 Å². The van der Waals surface area contributed by atoms with Crippen LogP contribution >= 0.6 is 0 Å². The summed E-state index contributed by atoms with van der Waals surface area (Å²) in [7, 11) is 1.17. The van der Waals surface area contributed by atoms with Gasteiger partial charge in [-0.1, -0.05) is 6.92 Å². The van der Waals surface area contributed by atoms with Crippen LogP contribution in [0, 0.1) is 11.8 Å². The van der Waals surface area contributed by atoms with Crippen LogP contribution in [0.1, 0.15) is 40.0 Å². The Morgan fingerprint density at radius 1 is 0.870 bits per heavy atom. The van der Waals surface area contributed by atoms with Crippen molar-refractivity contribution >= 4 is 17.8 Å². The van der Waals surface area contributed by atoms with E-state index in [9.17, 15) is 70.6 Å². The van der Waals surface area contributed by atoms with Crippen molar-refractivity contribution in [3.05, 3.63) is 0 Å². The van der Waals surface area contributed by atoms with Crippen molar-refractivity contribution in [3.8, 4) is 0 Å². The first-order chi connectivity index (χ1) is 25.3. The van der Waals surface area contributed by atoms with Crippen LogP contribution in [-0.2, 0) is 47.5 Å². The van der Waals surface area contributed by atoms with E-state index in [0.717, 1.165) is 6.92 Å². The summed E-state index contributed by atoms with van der Waals surface area (Å²) < 4.78 is 39.8. The topological polar surface area (TPSA) is 350 Å². The summed E-state index contributed by atoms with van der Waals surface area (Å²) in [6.07, 6.45) is -28.2. The van der Waals surface area contributed by atoms with Gasteiger partial charge >= 0.3 is 11.9 Å². The Kier molecular flexibility index (Phi) is 15.1. The Bertz CT molecular complexity index is 1280. The highest BCUT2D eigenvalue weighted by molar-refractivity contribution is 5.76. The van der Waals surface area contributed by atoms with Gasteiger partial charge in [0.1, 0.15) is 61.0 Å².